The molecule has 0 spiro atoms. The smallest absolute Gasteiger partial charge is 0.272 e. The second-order valence-electron chi connectivity index (χ2n) is 6.64. The molecule has 0 bridgehead atoms. The number of benzene rings is 2. The van der Waals surface area contributed by atoms with Gasteiger partial charge in [0.05, 0.1) is 12.2 Å². The molecular weight excluding hydrogens is 390 g/mol. The van der Waals surface area contributed by atoms with Gasteiger partial charge in [0, 0.05) is 19.2 Å². The molecule has 0 saturated carbocycles. The van der Waals surface area contributed by atoms with Gasteiger partial charge >= 0.3 is 0 Å². The summed E-state index contributed by atoms with van der Waals surface area (Å²) in [7, 11) is 1.66. The third-order valence-electron chi connectivity index (χ3n) is 4.25. The van der Waals surface area contributed by atoms with Crippen molar-refractivity contribution < 1.29 is 17.9 Å². The average Bonchev–Trinajstić information content (AvgIpc) is 3.22. The highest BCUT2D eigenvalue weighted by molar-refractivity contribution is 5.79. The van der Waals surface area contributed by atoms with E-state index in [0.29, 0.717) is 30.7 Å². The zero-order valence-electron chi connectivity index (χ0n) is 16.9. The molecule has 8 heteroatoms. The minimum absolute atomic E-state index is 0.406. The summed E-state index contributed by atoms with van der Waals surface area (Å²) in [5.41, 5.74) is 3.72. The van der Waals surface area contributed by atoms with Crippen LogP contribution in [0.15, 0.2) is 64.2 Å². The molecular formula is C22H24F2N4O2. The van der Waals surface area contributed by atoms with E-state index in [1.54, 1.807) is 31.5 Å². The van der Waals surface area contributed by atoms with Crippen LogP contribution in [-0.4, -0.2) is 31.0 Å². The van der Waals surface area contributed by atoms with E-state index in [0.717, 1.165) is 16.8 Å². The Morgan fingerprint density at radius 1 is 1.13 bits per heavy atom. The molecule has 0 radical (unpaired) electrons. The maximum atomic E-state index is 12.3. The second-order valence-corrected chi connectivity index (χ2v) is 6.64. The number of hydrogen-bond acceptors (Lipinski definition) is 4. The fourth-order valence-corrected chi connectivity index (χ4v) is 2.70. The average molecular weight is 414 g/mol. The Morgan fingerprint density at radius 2 is 1.90 bits per heavy atom. The first-order valence-corrected chi connectivity index (χ1v) is 9.49. The van der Waals surface area contributed by atoms with E-state index in [1.807, 2.05) is 37.3 Å². The first kappa shape index (κ1) is 21.3. The van der Waals surface area contributed by atoms with Crippen LogP contribution in [0.1, 0.15) is 16.8 Å². The molecule has 0 fully saturated rings. The van der Waals surface area contributed by atoms with Crippen molar-refractivity contribution in [2.24, 2.45) is 4.99 Å². The van der Waals surface area contributed by atoms with Crippen LogP contribution < -0.4 is 15.4 Å². The Bertz CT molecular complexity index is 971. The van der Waals surface area contributed by atoms with Crippen molar-refractivity contribution in [2.45, 2.75) is 26.4 Å². The van der Waals surface area contributed by atoms with Crippen LogP contribution in [0.5, 0.6) is 5.75 Å². The van der Waals surface area contributed by atoms with Crippen LogP contribution in [0, 0.1) is 6.92 Å². The zero-order valence-corrected chi connectivity index (χ0v) is 16.9. The fourth-order valence-electron chi connectivity index (χ4n) is 2.70. The maximum absolute atomic E-state index is 12.3. The molecule has 3 rings (SSSR count). The number of guanidine groups is 1. The molecule has 0 atom stereocenters. The van der Waals surface area contributed by atoms with Crippen LogP contribution in [0.25, 0.3) is 11.5 Å². The summed E-state index contributed by atoms with van der Waals surface area (Å²) in [6, 6.07) is 15.0. The normalized spacial score (nSPS) is 11.6. The molecule has 0 aliphatic carbocycles. The molecule has 0 saturated heterocycles. The minimum Gasteiger partial charge on any atom is -0.488 e. The molecule has 0 aliphatic heterocycles. The minimum atomic E-state index is -2.50. The van der Waals surface area contributed by atoms with Gasteiger partial charge in [0.15, 0.2) is 5.96 Å². The van der Waals surface area contributed by atoms with Gasteiger partial charge in [-0.05, 0) is 36.8 Å². The van der Waals surface area contributed by atoms with Crippen LogP contribution in [0.4, 0.5) is 8.78 Å². The lowest BCUT2D eigenvalue weighted by Gasteiger charge is -2.12. The number of nitrogens with one attached hydrogen (secondary N) is 2. The van der Waals surface area contributed by atoms with E-state index in [4.69, 9.17) is 9.15 Å². The van der Waals surface area contributed by atoms with Crippen molar-refractivity contribution in [3.63, 3.8) is 0 Å². The molecule has 2 N–H and O–H groups in total. The van der Waals surface area contributed by atoms with Crippen LogP contribution in [0.2, 0.25) is 0 Å². The Labute approximate surface area is 174 Å². The summed E-state index contributed by atoms with van der Waals surface area (Å²) in [6.45, 7) is 2.30. The number of aryl methyl sites for hydroxylation is 1. The van der Waals surface area contributed by atoms with Gasteiger partial charge in [-0.2, -0.15) is 0 Å². The number of ether oxygens (including phenoxy) is 1. The van der Waals surface area contributed by atoms with Gasteiger partial charge in [-0.25, -0.2) is 13.8 Å². The van der Waals surface area contributed by atoms with Gasteiger partial charge in [-0.15, -0.1) is 0 Å². The van der Waals surface area contributed by atoms with Gasteiger partial charge < -0.3 is 19.8 Å². The maximum Gasteiger partial charge on any atom is 0.272 e. The number of halogens is 2. The van der Waals surface area contributed by atoms with E-state index in [1.165, 1.54) is 5.56 Å². The van der Waals surface area contributed by atoms with Crippen LogP contribution in [0.3, 0.4) is 0 Å². The molecule has 0 amide bonds. The van der Waals surface area contributed by atoms with Crippen molar-refractivity contribution in [2.75, 3.05) is 13.7 Å². The standard InChI is InChI=1S/C22H24F2N4O2/c1-15-6-8-17(9-7-15)21-28-18(13-30-21)12-27-22(25-2)26-11-16-4-3-5-19(10-16)29-14-20(23)24/h3-10,13,20H,11-12,14H2,1-2H3,(H2,25,26,27). The highest BCUT2D eigenvalue weighted by Crippen LogP contribution is 2.19. The molecule has 2 aromatic carbocycles. The third-order valence-corrected chi connectivity index (χ3v) is 4.25. The summed E-state index contributed by atoms with van der Waals surface area (Å²) in [6.07, 6.45) is -0.892. The van der Waals surface area contributed by atoms with Gasteiger partial charge in [0.1, 0.15) is 18.6 Å². The summed E-state index contributed by atoms with van der Waals surface area (Å²) < 4.78 is 35.2. The SMILES string of the molecule is CN=C(NCc1cccc(OCC(F)F)c1)NCc1coc(-c2ccc(C)cc2)n1. The Kier molecular flexibility index (Phi) is 7.37. The lowest BCUT2D eigenvalue weighted by atomic mass is 10.1. The number of aromatic nitrogens is 1. The number of alkyl halides is 2. The quantitative estimate of drug-likeness (QED) is 0.428. The first-order valence-electron chi connectivity index (χ1n) is 9.49. The van der Waals surface area contributed by atoms with Crippen molar-refractivity contribution in [3.05, 3.63) is 71.6 Å². The number of oxazole rings is 1. The monoisotopic (exact) mass is 414 g/mol. The topological polar surface area (TPSA) is 71.7 Å². The predicted octanol–water partition coefficient (Wildman–Crippen LogP) is 4.16. The summed E-state index contributed by atoms with van der Waals surface area (Å²) in [5.74, 6) is 1.55. The molecule has 1 aromatic heterocycles. The highest BCUT2D eigenvalue weighted by atomic mass is 19.3. The summed E-state index contributed by atoms with van der Waals surface area (Å²) >= 11 is 0. The van der Waals surface area contributed by atoms with Gasteiger partial charge in [0.25, 0.3) is 6.43 Å². The van der Waals surface area contributed by atoms with Crippen molar-refractivity contribution >= 4 is 5.96 Å². The van der Waals surface area contributed by atoms with Gasteiger partial charge in [-0.3, -0.25) is 4.99 Å². The van der Waals surface area contributed by atoms with Crippen molar-refractivity contribution in [1.82, 2.24) is 15.6 Å². The van der Waals surface area contributed by atoms with E-state index >= 15 is 0 Å². The fraction of sp³-hybridized carbons (Fsp3) is 0.273. The van der Waals surface area contributed by atoms with E-state index < -0.39 is 13.0 Å². The van der Waals surface area contributed by atoms with Crippen molar-refractivity contribution in [1.29, 1.82) is 0 Å². The lowest BCUT2D eigenvalue weighted by Crippen LogP contribution is -2.36. The first-order chi connectivity index (χ1) is 14.5. The Hall–Kier alpha value is -3.42. The largest absolute Gasteiger partial charge is 0.488 e. The lowest BCUT2D eigenvalue weighted by molar-refractivity contribution is 0.0818. The number of hydrogen-bond donors (Lipinski definition) is 2. The van der Waals surface area contributed by atoms with E-state index in [-0.39, 0.29) is 0 Å². The van der Waals surface area contributed by atoms with Gasteiger partial charge in [0.2, 0.25) is 5.89 Å². The molecule has 3 aromatic rings. The molecule has 30 heavy (non-hydrogen) atoms. The highest BCUT2D eigenvalue weighted by Gasteiger charge is 2.08. The molecule has 0 aliphatic rings. The number of aliphatic imine (C=N–C) groups is 1. The Morgan fingerprint density at radius 3 is 2.63 bits per heavy atom. The predicted molar refractivity (Wildman–Crippen MR) is 112 cm³/mol. The zero-order chi connectivity index (χ0) is 21.3. The van der Waals surface area contributed by atoms with E-state index in [9.17, 15) is 8.78 Å². The third kappa shape index (κ3) is 6.30. The summed E-state index contributed by atoms with van der Waals surface area (Å²) in [5, 5.41) is 6.34. The van der Waals surface area contributed by atoms with Crippen molar-refractivity contribution in [3.8, 4) is 17.2 Å². The second kappa shape index (κ2) is 10.4. The molecule has 158 valence electrons. The molecule has 1 heterocycles. The molecule has 0 unspecified atom stereocenters. The molecule has 6 nitrogen and oxygen atoms in total. The Balaban J connectivity index is 1.51. The number of rotatable bonds is 8. The number of nitrogens with zero attached hydrogens (tertiary/aromatic N) is 2. The van der Waals surface area contributed by atoms with E-state index in [2.05, 4.69) is 20.6 Å². The van der Waals surface area contributed by atoms with Crippen LogP contribution >= 0.6 is 0 Å². The van der Waals surface area contributed by atoms with Crippen LogP contribution in [-0.2, 0) is 13.1 Å². The van der Waals surface area contributed by atoms with Gasteiger partial charge in [-0.1, -0.05) is 29.8 Å². The summed E-state index contributed by atoms with van der Waals surface area (Å²) in [4.78, 5) is 8.67.